The molecular weight excluding hydrogens is 258 g/mol. The van der Waals surface area contributed by atoms with Crippen LogP contribution in [0.2, 0.25) is 0 Å². The molecule has 21 heavy (non-hydrogen) atoms. The first-order valence-corrected chi connectivity index (χ1v) is 7.37. The van der Waals surface area contributed by atoms with E-state index in [1.807, 2.05) is 0 Å². The molecule has 3 heteroatoms. The molecule has 0 aliphatic carbocycles. The van der Waals surface area contributed by atoms with Crippen molar-refractivity contribution in [3.8, 4) is 11.4 Å². The zero-order chi connectivity index (χ0) is 14.2. The minimum absolute atomic E-state index is 0.846. The fourth-order valence-corrected chi connectivity index (χ4v) is 2.97. The van der Waals surface area contributed by atoms with Crippen LogP contribution in [0.1, 0.15) is 17.0 Å². The van der Waals surface area contributed by atoms with E-state index in [-0.39, 0.29) is 0 Å². The van der Waals surface area contributed by atoms with E-state index in [2.05, 4.69) is 54.7 Å². The van der Waals surface area contributed by atoms with Gasteiger partial charge >= 0.3 is 0 Å². The minimum atomic E-state index is 0.846. The summed E-state index contributed by atoms with van der Waals surface area (Å²) in [5.41, 5.74) is 4.66. The molecule has 0 spiro atoms. The van der Waals surface area contributed by atoms with Crippen LogP contribution in [0.15, 0.2) is 42.5 Å². The molecule has 104 valence electrons. The second-order valence-electron chi connectivity index (χ2n) is 5.55. The van der Waals surface area contributed by atoms with Crippen LogP contribution in [-0.2, 0) is 13.0 Å². The molecule has 0 fully saturated rings. The van der Waals surface area contributed by atoms with Gasteiger partial charge < -0.3 is 5.32 Å². The predicted molar refractivity (Wildman–Crippen MR) is 85.1 cm³/mol. The fraction of sp³-hybridized carbons (Fsp3) is 0.222. The van der Waals surface area contributed by atoms with Gasteiger partial charge in [0, 0.05) is 36.3 Å². The third kappa shape index (κ3) is 2.20. The van der Waals surface area contributed by atoms with E-state index < -0.39 is 0 Å². The van der Waals surface area contributed by atoms with E-state index in [0.717, 1.165) is 36.6 Å². The lowest BCUT2D eigenvalue weighted by molar-refractivity contribution is 0.622. The molecule has 1 aromatic heterocycles. The van der Waals surface area contributed by atoms with E-state index in [1.54, 1.807) is 0 Å². The Morgan fingerprint density at radius 2 is 1.86 bits per heavy atom. The Morgan fingerprint density at radius 3 is 2.76 bits per heavy atom. The number of aryl methyl sites for hydroxylation is 1. The molecule has 1 N–H and O–H groups in total. The molecule has 0 unspecified atom stereocenters. The number of nitrogens with one attached hydrogen (secondary N) is 1. The highest BCUT2D eigenvalue weighted by atomic mass is 14.9. The Balaban J connectivity index is 1.86. The summed E-state index contributed by atoms with van der Waals surface area (Å²) in [5.74, 6) is 0.846. The van der Waals surface area contributed by atoms with Crippen LogP contribution in [0.25, 0.3) is 22.2 Å². The fourth-order valence-electron chi connectivity index (χ4n) is 2.97. The van der Waals surface area contributed by atoms with Crippen LogP contribution in [0.5, 0.6) is 0 Å². The van der Waals surface area contributed by atoms with Crippen molar-refractivity contribution in [2.24, 2.45) is 0 Å². The molecule has 1 aliphatic heterocycles. The van der Waals surface area contributed by atoms with Crippen molar-refractivity contribution in [1.82, 2.24) is 15.3 Å². The topological polar surface area (TPSA) is 37.8 Å². The molecule has 3 aromatic rings. The monoisotopic (exact) mass is 275 g/mol. The van der Waals surface area contributed by atoms with Crippen molar-refractivity contribution in [1.29, 1.82) is 0 Å². The largest absolute Gasteiger partial charge is 0.312 e. The van der Waals surface area contributed by atoms with E-state index >= 15 is 0 Å². The van der Waals surface area contributed by atoms with E-state index in [9.17, 15) is 0 Å². The molecule has 3 nitrogen and oxygen atoms in total. The number of hydrogen-bond donors (Lipinski definition) is 1. The average Bonchev–Trinajstić information content (AvgIpc) is 2.54. The van der Waals surface area contributed by atoms with Gasteiger partial charge in [0.25, 0.3) is 0 Å². The molecule has 0 amide bonds. The lowest BCUT2D eigenvalue weighted by Gasteiger charge is -2.18. The zero-order valence-corrected chi connectivity index (χ0v) is 12.1. The molecule has 4 rings (SSSR count). The zero-order valence-electron chi connectivity index (χ0n) is 12.1. The lowest BCUT2D eigenvalue weighted by Crippen LogP contribution is -2.26. The van der Waals surface area contributed by atoms with Gasteiger partial charge in [-0.3, -0.25) is 0 Å². The van der Waals surface area contributed by atoms with Crippen molar-refractivity contribution in [3.05, 3.63) is 59.4 Å². The van der Waals surface area contributed by atoms with Gasteiger partial charge in [-0.05, 0) is 23.8 Å². The Labute approximate surface area is 124 Å². The summed E-state index contributed by atoms with van der Waals surface area (Å²) in [5, 5.41) is 5.87. The van der Waals surface area contributed by atoms with Gasteiger partial charge in [-0.1, -0.05) is 36.4 Å². The smallest absolute Gasteiger partial charge is 0.159 e. The van der Waals surface area contributed by atoms with Gasteiger partial charge in [-0.2, -0.15) is 0 Å². The summed E-state index contributed by atoms with van der Waals surface area (Å²) in [7, 11) is 0. The summed E-state index contributed by atoms with van der Waals surface area (Å²) in [6.45, 7) is 3.97. The maximum atomic E-state index is 4.80. The highest BCUT2D eigenvalue weighted by Gasteiger charge is 2.15. The van der Waals surface area contributed by atoms with Crippen LogP contribution < -0.4 is 5.32 Å². The van der Waals surface area contributed by atoms with Gasteiger partial charge in [0.2, 0.25) is 0 Å². The Hall–Kier alpha value is -2.26. The van der Waals surface area contributed by atoms with Crippen LogP contribution in [0, 0.1) is 6.92 Å². The Morgan fingerprint density at radius 1 is 1.00 bits per heavy atom. The highest BCUT2D eigenvalue weighted by Crippen LogP contribution is 2.24. The molecule has 0 bridgehead atoms. The van der Waals surface area contributed by atoms with Gasteiger partial charge in [-0.25, -0.2) is 9.97 Å². The first-order valence-electron chi connectivity index (χ1n) is 7.37. The summed E-state index contributed by atoms with van der Waals surface area (Å²) in [6, 6.07) is 14.8. The van der Waals surface area contributed by atoms with Crippen molar-refractivity contribution in [3.63, 3.8) is 0 Å². The highest BCUT2D eigenvalue weighted by molar-refractivity contribution is 5.86. The molecule has 0 radical (unpaired) electrons. The summed E-state index contributed by atoms with van der Waals surface area (Å²) < 4.78 is 0. The molecule has 2 aromatic carbocycles. The van der Waals surface area contributed by atoms with Crippen LogP contribution in [0.4, 0.5) is 0 Å². The van der Waals surface area contributed by atoms with Crippen molar-refractivity contribution in [2.45, 2.75) is 19.9 Å². The van der Waals surface area contributed by atoms with Crippen molar-refractivity contribution < 1.29 is 0 Å². The third-order valence-electron chi connectivity index (χ3n) is 4.15. The van der Waals surface area contributed by atoms with E-state index in [4.69, 9.17) is 9.97 Å². The van der Waals surface area contributed by atoms with Gasteiger partial charge in [0.15, 0.2) is 5.82 Å². The number of fused-ring (bicyclic) bond motifs is 2. The normalized spacial score (nSPS) is 14.1. The standard InChI is InChI=1S/C18H17N3/c1-12-16-11-19-9-8-17(16)21-18(20-12)15-7-6-13-4-2-3-5-14(13)10-15/h2-7,10,19H,8-9,11H2,1H3. The second kappa shape index (κ2) is 4.93. The van der Waals surface area contributed by atoms with Crippen molar-refractivity contribution in [2.75, 3.05) is 6.54 Å². The van der Waals surface area contributed by atoms with Crippen LogP contribution >= 0.6 is 0 Å². The molecule has 0 saturated carbocycles. The minimum Gasteiger partial charge on any atom is -0.312 e. The quantitative estimate of drug-likeness (QED) is 0.741. The number of rotatable bonds is 1. The maximum Gasteiger partial charge on any atom is 0.159 e. The number of aromatic nitrogens is 2. The summed E-state index contributed by atoms with van der Waals surface area (Å²) >= 11 is 0. The Bertz CT molecular complexity index is 824. The van der Waals surface area contributed by atoms with Gasteiger partial charge in [0.05, 0.1) is 5.69 Å². The summed E-state index contributed by atoms with van der Waals surface area (Å²) in [6.07, 6.45) is 0.985. The molecule has 2 heterocycles. The summed E-state index contributed by atoms with van der Waals surface area (Å²) in [4.78, 5) is 9.51. The van der Waals surface area contributed by atoms with E-state index in [1.165, 1.54) is 22.0 Å². The second-order valence-corrected chi connectivity index (χ2v) is 5.55. The molecule has 1 aliphatic rings. The lowest BCUT2D eigenvalue weighted by atomic mass is 10.0. The first kappa shape index (κ1) is 12.5. The van der Waals surface area contributed by atoms with Gasteiger partial charge in [-0.15, -0.1) is 0 Å². The number of nitrogens with zero attached hydrogens (tertiary/aromatic N) is 2. The van der Waals surface area contributed by atoms with Crippen LogP contribution in [-0.4, -0.2) is 16.5 Å². The Kier molecular flexibility index (Phi) is 2.93. The number of benzene rings is 2. The van der Waals surface area contributed by atoms with Crippen LogP contribution in [0.3, 0.4) is 0 Å². The SMILES string of the molecule is Cc1nc(-c2ccc3ccccc3c2)nc2c1CNCC2. The maximum absolute atomic E-state index is 4.80. The molecular formula is C18H17N3. The van der Waals surface area contributed by atoms with E-state index in [0.29, 0.717) is 0 Å². The first-order chi connectivity index (χ1) is 10.3. The number of hydrogen-bond acceptors (Lipinski definition) is 3. The third-order valence-corrected chi connectivity index (χ3v) is 4.15. The van der Waals surface area contributed by atoms with Crippen molar-refractivity contribution >= 4 is 10.8 Å². The molecule has 0 atom stereocenters. The van der Waals surface area contributed by atoms with Gasteiger partial charge in [0.1, 0.15) is 0 Å². The molecule has 0 saturated heterocycles. The average molecular weight is 275 g/mol. The predicted octanol–water partition coefficient (Wildman–Crippen LogP) is 3.25.